The lowest BCUT2D eigenvalue weighted by Crippen LogP contribution is -2.32. The highest BCUT2D eigenvalue weighted by Gasteiger charge is 2.32. The molecule has 1 atom stereocenters. The Balaban J connectivity index is 1.14. The largest absolute Gasteiger partial charge is 0.491 e. The van der Waals surface area contributed by atoms with Gasteiger partial charge in [-0.15, -0.1) is 10.2 Å². The van der Waals surface area contributed by atoms with Crippen LogP contribution in [0.25, 0.3) is 11.1 Å². The molecule has 1 saturated heterocycles. The van der Waals surface area contributed by atoms with E-state index < -0.39 is 6.10 Å². The summed E-state index contributed by atoms with van der Waals surface area (Å²) >= 11 is 1.58. The molecule has 0 amide bonds. The molecule has 7 heteroatoms. The number of hydrogen-bond acceptors (Lipinski definition) is 6. The maximum Gasteiger partial charge on any atom is 0.228 e. The lowest BCUT2D eigenvalue weighted by atomic mass is 10.1. The minimum absolute atomic E-state index is 0.258. The third-order valence-electron chi connectivity index (χ3n) is 6.01. The summed E-state index contributed by atoms with van der Waals surface area (Å²) in [7, 11) is 0. The molecule has 1 aliphatic heterocycles. The third-order valence-corrected chi connectivity index (χ3v) is 7.09. The first-order valence-electron chi connectivity index (χ1n) is 11.6. The van der Waals surface area contributed by atoms with Crippen molar-refractivity contribution >= 4 is 17.7 Å². The van der Waals surface area contributed by atoms with E-state index in [1.54, 1.807) is 11.8 Å². The van der Waals surface area contributed by atoms with E-state index in [2.05, 4.69) is 31.8 Å². The predicted octanol–water partition coefficient (Wildman–Crippen LogP) is 4.80. The number of rotatable bonds is 9. The van der Waals surface area contributed by atoms with Crippen LogP contribution < -0.4 is 9.64 Å². The first kappa shape index (κ1) is 21.3. The fourth-order valence-corrected chi connectivity index (χ4v) is 5.02. The van der Waals surface area contributed by atoms with Gasteiger partial charge >= 0.3 is 0 Å². The highest BCUT2D eigenvalue weighted by atomic mass is 32.2. The van der Waals surface area contributed by atoms with Gasteiger partial charge in [-0.2, -0.15) is 0 Å². The zero-order valence-corrected chi connectivity index (χ0v) is 19.1. The summed E-state index contributed by atoms with van der Waals surface area (Å²) in [6.45, 7) is 2.39. The van der Waals surface area contributed by atoms with Crippen LogP contribution in [0, 0.1) is 0 Å². The van der Waals surface area contributed by atoms with Crippen LogP contribution in [0.4, 0.5) is 5.95 Å². The van der Waals surface area contributed by atoms with Crippen molar-refractivity contribution in [2.75, 3.05) is 30.3 Å². The zero-order chi connectivity index (χ0) is 21.8. The molecule has 168 valence electrons. The van der Waals surface area contributed by atoms with Gasteiger partial charge in [0, 0.05) is 24.9 Å². The second-order valence-corrected chi connectivity index (χ2v) is 9.58. The van der Waals surface area contributed by atoms with Crippen LogP contribution in [-0.4, -0.2) is 51.4 Å². The maximum atomic E-state index is 10.5. The SMILES string of the molecule is OC(COc1ccc(-c2ccccc2)cc1)CSc1nnc(N2CCCCC2)n1C1CC1. The Morgan fingerprint density at radius 3 is 2.38 bits per heavy atom. The molecule has 0 radical (unpaired) electrons. The fourth-order valence-electron chi connectivity index (χ4n) is 4.12. The van der Waals surface area contributed by atoms with E-state index in [9.17, 15) is 5.11 Å². The number of benzene rings is 2. The molecule has 6 nitrogen and oxygen atoms in total. The number of aromatic nitrogens is 3. The smallest absolute Gasteiger partial charge is 0.228 e. The van der Waals surface area contributed by atoms with Crippen LogP contribution in [0.5, 0.6) is 5.75 Å². The van der Waals surface area contributed by atoms with Crippen molar-refractivity contribution in [3.8, 4) is 16.9 Å². The van der Waals surface area contributed by atoms with Gasteiger partial charge < -0.3 is 14.7 Å². The van der Waals surface area contributed by atoms with Crippen molar-refractivity contribution in [3.63, 3.8) is 0 Å². The average Bonchev–Trinajstić information content (AvgIpc) is 3.61. The molecule has 2 aliphatic rings. The first-order chi connectivity index (χ1) is 15.8. The van der Waals surface area contributed by atoms with E-state index in [0.717, 1.165) is 35.5 Å². The first-order valence-corrected chi connectivity index (χ1v) is 12.6. The summed E-state index contributed by atoms with van der Waals surface area (Å²) in [6, 6.07) is 18.8. The summed E-state index contributed by atoms with van der Waals surface area (Å²) < 4.78 is 8.12. The normalized spacial score (nSPS) is 17.3. The molecule has 2 aromatic carbocycles. The van der Waals surface area contributed by atoms with Gasteiger partial charge in [0.25, 0.3) is 0 Å². The second kappa shape index (κ2) is 9.96. The Kier molecular flexibility index (Phi) is 6.64. The Hall–Kier alpha value is -2.51. The minimum Gasteiger partial charge on any atom is -0.491 e. The highest BCUT2D eigenvalue weighted by molar-refractivity contribution is 7.99. The van der Waals surface area contributed by atoms with Crippen LogP contribution in [-0.2, 0) is 0 Å². The molecule has 1 saturated carbocycles. The summed E-state index contributed by atoms with van der Waals surface area (Å²) in [4.78, 5) is 2.37. The summed E-state index contributed by atoms with van der Waals surface area (Å²) in [5.41, 5.74) is 2.33. The molecule has 1 N–H and O–H groups in total. The molecule has 2 fully saturated rings. The Morgan fingerprint density at radius 1 is 0.938 bits per heavy atom. The zero-order valence-electron chi connectivity index (χ0n) is 18.3. The van der Waals surface area contributed by atoms with E-state index in [4.69, 9.17) is 4.74 Å². The number of piperidine rings is 1. The van der Waals surface area contributed by atoms with Gasteiger partial charge in [-0.1, -0.05) is 54.2 Å². The lowest BCUT2D eigenvalue weighted by molar-refractivity contribution is 0.126. The molecule has 1 aliphatic carbocycles. The highest BCUT2D eigenvalue weighted by Crippen LogP contribution is 2.41. The number of hydrogen-bond donors (Lipinski definition) is 1. The van der Waals surface area contributed by atoms with Crippen molar-refractivity contribution in [2.45, 2.75) is 49.4 Å². The van der Waals surface area contributed by atoms with Gasteiger partial charge in [-0.25, -0.2) is 0 Å². The molecule has 32 heavy (non-hydrogen) atoms. The number of thioether (sulfide) groups is 1. The molecular formula is C25H30N4O2S. The average molecular weight is 451 g/mol. The van der Waals surface area contributed by atoms with Crippen molar-refractivity contribution in [1.29, 1.82) is 0 Å². The molecular weight excluding hydrogens is 420 g/mol. The molecule has 0 spiro atoms. The monoisotopic (exact) mass is 450 g/mol. The van der Waals surface area contributed by atoms with Crippen molar-refractivity contribution in [2.24, 2.45) is 0 Å². The summed E-state index contributed by atoms with van der Waals surface area (Å²) in [6.07, 6.45) is 5.56. The molecule has 3 aromatic rings. The third kappa shape index (κ3) is 5.10. The predicted molar refractivity (Wildman–Crippen MR) is 128 cm³/mol. The van der Waals surface area contributed by atoms with Crippen molar-refractivity contribution in [1.82, 2.24) is 14.8 Å². The molecule has 0 bridgehead atoms. The van der Waals surface area contributed by atoms with E-state index in [1.165, 1.54) is 37.7 Å². The van der Waals surface area contributed by atoms with Gasteiger partial charge in [0.05, 0.1) is 6.10 Å². The van der Waals surface area contributed by atoms with E-state index in [-0.39, 0.29) is 6.61 Å². The molecule has 5 rings (SSSR count). The van der Waals surface area contributed by atoms with Crippen LogP contribution in [0.3, 0.4) is 0 Å². The number of anilines is 1. The number of aliphatic hydroxyl groups excluding tert-OH is 1. The van der Waals surface area contributed by atoms with Crippen LogP contribution in [0.15, 0.2) is 59.8 Å². The van der Waals surface area contributed by atoms with Gasteiger partial charge in [-0.05, 0) is 55.4 Å². The molecule has 2 heterocycles. The standard InChI is InChI=1S/C25H30N4O2S/c30-22(17-31-23-13-9-20(10-14-23)19-7-3-1-4-8-19)18-32-25-27-26-24(29(25)21-11-12-21)28-15-5-2-6-16-28/h1,3-4,7-10,13-14,21-22,30H,2,5-6,11-12,15-18H2. The Labute approximate surface area is 193 Å². The topological polar surface area (TPSA) is 63.4 Å². The molecule has 1 unspecified atom stereocenters. The van der Waals surface area contributed by atoms with Gasteiger partial charge in [0.2, 0.25) is 5.95 Å². The van der Waals surface area contributed by atoms with Crippen LogP contribution >= 0.6 is 11.8 Å². The maximum absolute atomic E-state index is 10.5. The summed E-state index contributed by atoms with van der Waals surface area (Å²) in [5, 5.41) is 20.4. The van der Waals surface area contributed by atoms with E-state index >= 15 is 0 Å². The van der Waals surface area contributed by atoms with Crippen LogP contribution in [0.1, 0.15) is 38.1 Å². The van der Waals surface area contributed by atoms with E-state index in [1.807, 2.05) is 42.5 Å². The summed E-state index contributed by atoms with van der Waals surface area (Å²) in [5.74, 6) is 2.31. The Bertz CT molecular complexity index is 999. The van der Waals surface area contributed by atoms with Gasteiger partial charge in [0.15, 0.2) is 5.16 Å². The minimum atomic E-state index is -0.573. The van der Waals surface area contributed by atoms with Gasteiger partial charge in [-0.3, -0.25) is 4.57 Å². The van der Waals surface area contributed by atoms with E-state index in [0.29, 0.717) is 11.8 Å². The second-order valence-electron chi connectivity index (χ2n) is 8.60. The number of ether oxygens (including phenoxy) is 1. The van der Waals surface area contributed by atoms with Crippen molar-refractivity contribution < 1.29 is 9.84 Å². The fraction of sp³-hybridized carbons (Fsp3) is 0.440. The van der Waals surface area contributed by atoms with Gasteiger partial charge in [0.1, 0.15) is 12.4 Å². The quantitative estimate of drug-likeness (QED) is 0.473. The molecule has 1 aromatic heterocycles. The Morgan fingerprint density at radius 2 is 1.66 bits per heavy atom. The number of aliphatic hydroxyl groups is 1. The lowest BCUT2D eigenvalue weighted by Gasteiger charge is -2.27. The van der Waals surface area contributed by atoms with Crippen molar-refractivity contribution in [3.05, 3.63) is 54.6 Å². The van der Waals surface area contributed by atoms with Crippen LogP contribution in [0.2, 0.25) is 0 Å². The number of nitrogens with zero attached hydrogens (tertiary/aromatic N) is 4.